The van der Waals surface area contributed by atoms with E-state index in [1.165, 1.54) is 10.8 Å². The van der Waals surface area contributed by atoms with Gasteiger partial charge in [0.15, 0.2) is 5.78 Å². The van der Waals surface area contributed by atoms with Gasteiger partial charge in [0.2, 0.25) is 0 Å². The van der Waals surface area contributed by atoms with Crippen molar-refractivity contribution >= 4 is 16.6 Å². The lowest BCUT2D eigenvalue weighted by Crippen LogP contribution is -2.09. The standard InChI is InChI=1S/C10H8.C9H10O/c1-2-6-10-8-4-3-7-9(10)5-1;1-2-5-8-6-3-4-7-9(8)10/h1-8H;2-4,6-8H,1,5H2. The van der Waals surface area contributed by atoms with Crippen LogP contribution in [0.25, 0.3) is 10.8 Å². The minimum absolute atomic E-state index is 0.0440. The van der Waals surface area contributed by atoms with Crippen molar-refractivity contribution < 1.29 is 4.79 Å². The predicted octanol–water partition coefficient (Wildman–Crippen LogP) is 4.71. The maximum atomic E-state index is 11.0. The molecule has 100 valence electrons. The van der Waals surface area contributed by atoms with Crippen LogP contribution in [0, 0.1) is 5.92 Å². The number of hydrogen-bond donors (Lipinski definition) is 0. The van der Waals surface area contributed by atoms with Gasteiger partial charge in [0.1, 0.15) is 0 Å². The molecule has 1 unspecified atom stereocenters. The maximum absolute atomic E-state index is 11.0. The summed E-state index contributed by atoms with van der Waals surface area (Å²) in [5.41, 5.74) is 0. The molecule has 0 heterocycles. The summed E-state index contributed by atoms with van der Waals surface area (Å²) in [7, 11) is 0. The van der Waals surface area contributed by atoms with Crippen LogP contribution in [0.5, 0.6) is 0 Å². The Morgan fingerprint density at radius 1 is 0.950 bits per heavy atom. The van der Waals surface area contributed by atoms with E-state index in [9.17, 15) is 4.79 Å². The molecule has 1 aliphatic rings. The van der Waals surface area contributed by atoms with Gasteiger partial charge >= 0.3 is 0 Å². The average molecular weight is 262 g/mol. The van der Waals surface area contributed by atoms with Gasteiger partial charge in [-0.3, -0.25) is 4.79 Å². The first kappa shape index (κ1) is 14.0. The number of hydrogen-bond acceptors (Lipinski definition) is 1. The quantitative estimate of drug-likeness (QED) is 0.716. The molecule has 0 aromatic heterocycles. The summed E-state index contributed by atoms with van der Waals surface area (Å²) in [6.45, 7) is 3.58. The van der Waals surface area contributed by atoms with Crippen LogP contribution in [0.2, 0.25) is 0 Å². The van der Waals surface area contributed by atoms with Crippen LogP contribution in [0.1, 0.15) is 6.42 Å². The number of carbonyl (C=O) groups is 1. The maximum Gasteiger partial charge on any atom is 0.162 e. The van der Waals surface area contributed by atoms with Crippen LogP contribution in [0.3, 0.4) is 0 Å². The summed E-state index contributed by atoms with van der Waals surface area (Å²) in [4.78, 5) is 11.0. The highest BCUT2D eigenvalue weighted by Gasteiger charge is 2.11. The van der Waals surface area contributed by atoms with E-state index in [4.69, 9.17) is 0 Å². The van der Waals surface area contributed by atoms with E-state index >= 15 is 0 Å². The molecule has 2 aromatic carbocycles. The molecule has 0 radical (unpaired) electrons. The highest BCUT2D eigenvalue weighted by molar-refractivity contribution is 5.94. The summed E-state index contributed by atoms with van der Waals surface area (Å²) in [6.07, 6.45) is 9.70. The van der Waals surface area contributed by atoms with Gasteiger partial charge in [-0.1, -0.05) is 72.8 Å². The van der Waals surface area contributed by atoms with E-state index in [-0.39, 0.29) is 11.7 Å². The van der Waals surface area contributed by atoms with E-state index in [1.54, 1.807) is 18.2 Å². The van der Waals surface area contributed by atoms with E-state index in [0.29, 0.717) is 0 Å². The van der Waals surface area contributed by atoms with Gasteiger partial charge in [-0.25, -0.2) is 0 Å². The zero-order valence-electron chi connectivity index (χ0n) is 11.4. The number of carbonyl (C=O) groups excluding carboxylic acids is 1. The van der Waals surface area contributed by atoms with Gasteiger partial charge in [0.05, 0.1) is 0 Å². The number of allylic oxidation sites excluding steroid dienone is 5. The third-order valence-corrected chi connectivity index (χ3v) is 3.16. The second-order valence-corrected chi connectivity index (χ2v) is 4.62. The number of ketones is 1. The highest BCUT2D eigenvalue weighted by Crippen LogP contribution is 2.12. The number of rotatable bonds is 2. The fraction of sp³-hybridized carbons (Fsp3) is 0.105. The van der Waals surface area contributed by atoms with Gasteiger partial charge in [-0.05, 0) is 23.3 Å². The molecule has 1 nitrogen and oxygen atoms in total. The summed E-state index contributed by atoms with van der Waals surface area (Å²) >= 11 is 0. The zero-order chi connectivity index (χ0) is 14.2. The lowest BCUT2D eigenvalue weighted by molar-refractivity contribution is -0.116. The summed E-state index contributed by atoms with van der Waals surface area (Å²) in [5.74, 6) is 0.227. The lowest BCUT2D eigenvalue weighted by atomic mass is 9.96. The van der Waals surface area contributed by atoms with Gasteiger partial charge in [0.25, 0.3) is 0 Å². The van der Waals surface area contributed by atoms with Crippen LogP contribution in [0.15, 0.2) is 85.5 Å². The minimum Gasteiger partial charge on any atom is -0.294 e. The zero-order valence-corrected chi connectivity index (χ0v) is 11.4. The van der Waals surface area contributed by atoms with Crippen LogP contribution in [0.4, 0.5) is 0 Å². The van der Waals surface area contributed by atoms with Crippen LogP contribution in [-0.2, 0) is 4.79 Å². The predicted molar refractivity (Wildman–Crippen MR) is 85.5 cm³/mol. The third kappa shape index (κ3) is 3.79. The Balaban J connectivity index is 0.000000147. The van der Waals surface area contributed by atoms with Crippen molar-refractivity contribution in [3.05, 3.63) is 85.5 Å². The Bertz CT molecular complexity index is 584. The summed E-state index contributed by atoms with van der Waals surface area (Å²) in [6, 6.07) is 16.7. The molecule has 0 N–H and O–H groups in total. The molecule has 1 atom stereocenters. The largest absolute Gasteiger partial charge is 0.294 e. The number of benzene rings is 2. The average Bonchev–Trinajstić information content (AvgIpc) is 2.51. The van der Waals surface area contributed by atoms with Gasteiger partial charge in [-0.2, -0.15) is 0 Å². The Labute approximate surface area is 119 Å². The smallest absolute Gasteiger partial charge is 0.162 e. The summed E-state index contributed by atoms with van der Waals surface area (Å²) < 4.78 is 0. The van der Waals surface area contributed by atoms with Crippen molar-refractivity contribution in [2.75, 3.05) is 0 Å². The summed E-state index contributed by atoms with van der Waals surface area (Å²) in [5, 5.41) is 2.62. The second kappa shape index (κ2) is 7.25. The van der Waals surface area contributed by atoms with Gasteiger partial charge < -0.3 is 0 Å². The molecule has 0 saturated heterocycles. The van der Waals surface area contributed by atoms with E-state index in [1.807, 2.05) is 12.2 Å². The molecule has 2 aromatic rings. The molecule has 0 saturated carbocycles. The van der Waals surface area contributed by atoms with Crippen LogP contribution < -0.4 is 0 Å². The topological polar surface area (TPSA) is 17.1 Å². The fourth-order valence-electron chi connectivity index (χ4n) is 2.07. The first-order valence-electron chi connectivity index (χ1n) is 6.74. The van der Waals surface area contributed by atoms with Crippen molar-refractivity contribution in [1.82, 2.24) is 0 Å². The minimum atomic E-state index is 0.0440. The molecule has 0 aliphatic heterocycles. The Hall–Kier alpha value is -2.41. The second-order valence-electron chi connectivity index (χ2n) is 4.62. The molecule has 20 heavy (non-hydrogen) atoms. The molecular formula is C19H18O. The molecule has 3 rings (SSSR count). The Morgan fingerprint density at radius 3 is 1.95 bits per heavy atom. The molecule has 0 amide bonds. The lowest BCUT2D eigenvalue weighted by Gasteiger charge is -2.07. The van der Waals surface area contributed by atoms with Crippen molar-refractivity contribution in [2.45, 2.75) is 6.42 Å². The van der Waals surface area contributed by atoms with E-state index in [2.05, 4.69) is 55.1 Å². The van der Waals surface area contributed by atoms with Crippen molar-refractivity contribution in [2.24, 2.45) is 5.92 Å². The number of fused-ring (bicyclic) bond motifs is 1. The molecule has 0 fully saturated rings. The Kier molecular flexibility index (Phi) is 5.08. The Morgan fingerprint density at radius 2 is 1.50 bits per heavy atom. The molecular weight excluding hydrogens is 244 g/mol. The van der Waals surface area contributed by atoms with Crippen molar-refractivity contribution in [3.63, 3.8) is 0 Å². The van der Waals surface area contributed by atoms with Gasteiger partial charge in [0, 0.05) is 5.92 Å². The third-order valence-electron chi connectivity index (χ3n) is 3.16. The van der Waals surface area contributed by atoms with E-state index in [0.717, 1.165) is 6.42 Å². The SMILES string of the molecule is C=CCC1C=CC=CC1=O.c1ccc2ccccc2c1. The fourth-order valence-corrected chi connectivity index (χ4v) is 2.07. The highest BCUT2D eigenvalue weighted by atomic mass is 16.1. The van der Waals surface area contributed by atoms with Crippen molar-refractivity contribution in [3.8, 4) is 0 Å². The molecule has 0 spiro atoms. The molecule has 1 heteroatoms. The van der Waals surface area contributed by atoms with Crippen molar-refractivity contribution in [1.29, 1.82) is 0 Å². The van der Waals surface area contributed by atoms with Gasteiger partial charge in [-0.15, -0.1) is 6.58 Å². The first-order chi connectivity index (χ1) is 9.81. The van der Waals surface area contributed by atoms with E-state index < -0.39 is 0 Å². The molecule has 1 aliphatic carbocycles. The van der Waals surface area contributed by atoms with Crippen LogP contribution >= 0.6 is 0 Å². The normalized spacial score (nSPS) is 16.6. The molecule has 0 bridgehead atoms. The first-order valence-corrected chi connectivity index (χ1v) is 6.74. The monoisotopic (exact) mass is 262 g/mol. The van der Waals surface area contributed by atoms with Crippen LogP contribution in [-0.4, -0.2) is 5.78 Å².